The van der Waals surface area contributed by atoms with Crippen LogP contribution >= 0.6 is 0 Å². The minimum Gasteiger partial charge on any atom is -0.504 e. The molecule has 1 aromatic carbocycles. The zero-order chi connectivity index (χ0) is 24.4. The molecule has 0 radical (unpaired) electrons. The monoisotopic (exact) mass is 478 g/mol. The van der Waals surface area contributed by atoms with E-state index in [0.29, 0.717) is 18.6 Å². The molecule has 1 aromatic heterocycles. The Balaban J connectivity index is 1.39. The number of likely N-dealkylation sites (tertiary alicyclic amines) is 1. The molecule has 2 bridgehead atoms. The molecule has 1 saturated heterocycles. The molecule has 186 valence electrons. The fraction of sp³-hybridized carbons (Fsp3) is 0.536. The highest BCUT2D eigenvalue weighted by Crippen LogP contribution is 2.65. The third-order valence-corrected chi connectivity index (χ3v) is 9.15. The van der Waals surface area contributed by atoms with E-state index in [1.54, 1.807) is 41.7 Å². The number of aliphatic hydroxyl groups is 1. The lowest BCUT2D eigenvalue weighted by atomic mass is 9.48. The first-order valence-corrected chi connectivity index (χ1v) is 12.9. The van der Waals surface area contributed by atoms with Crippen molar-refractivity contribution in [2.75, 3.05) is 20.1 Å². The average Bonchev–Trinajstić information content (AvgIpc) is 3.49. The second-order valence-corrected chi connectivity index (χ2v) is 10.7. The summed E-state index contributed by atoms with van der Waals surface area (Å²) in [6.07, 6.45) is 11.1. The largest absolute Gasteiger partial charge is 0.504 e. The van der Waals surface area contributed by atoms with E-state index >= 15 is 0 Å². The van der Waals surface area contributed by atoms with Gasteiger partial charge >= 0.3 is 0 Å². The van der Waals surface area contributed by atoms with Gasteiger partial charge in [-0.2, -0.15) is 0 Å². The predicted molar refractivity (Wildman–Crippen MR) is 131 cm³/mol. The molecule has 2 aromatic rings. The minimum atomic E-state index is -0.956. The van der Waals surface area contributed by atoms with Gasteiger partial charge in [-0.1, -0.05) is 19.4 Å². The Morgan fingerprint density at radius 2 is 2.17 bits per heavy atom. The van der Waals surface area contributed by atoms with Gasteiger partial charge in [0.25, 0.3) is 0 Å². The van der Waals surface area contributed by atoms with Gasteiger partial charge in [-0.25, -0.2) is 0 Å². The normalized spacial score (nSPS) is 32.9. The number of carbonyl (C=O) groups excluding carboxylic acids is 1. The van der Waals surface area contributed by atoms with E-state index in [9.17, 15) is 15.0 Å². The van der Waals surface area contributed by atoms with Crippen LogP contribution in [0.3, 0.4) is 0 Å². The Morgan fingerprint density at radius 3 is 2.94 bits per heavy atom. The molecular formula is C28H34N2O5. The van der Waals surface area contributed by atoms with Crippen LogP contribution in [-0.4, -0.2) is 69.8 Å². The quantitative estimate of drug-likeness (QED) is 0.619. The van der Waals surface area contributed by atoms with Crippen LogP contribution in [0.5, 0.6) is 11.5 Å². The smallest absolute Gasteiger partial charge is 0.246 e. The number of unbranched alkanes of at least 4 members (excludes halogenated alkanes) is 1. The summed E-state index contributed by atoms with van der Waals surface area (Å²) in [5.41, 5.74) is 1.38. The minimum absolute atomic E-state index is 0.0137. The lowest BCUT2D eigenvalue weighted by Gasteiger charge is -2.64. The molecule has 5 atom stereocenters. The van der Waals surface area contributed by atoms with Crippen LogP contribution in [-0.2, 0) is 16.6 Å². The number of hydrogen-bond donors (Lipinski definition) is 2. The molecular weight excluding hydrogens is 444 g/mol. The molecule has 35 heavy (non-hydrogen) atoms. The van der Waals surface area contributed by atoms with E-state index < -0.39 is 17.1 Å². The van der Waals surface area contributed by atoms with Crippen LogP contribution in [0, 0.1) is 0 Å². The summed E-state index contributed by atoms with van der Waals surface area (Å²) >= 11 is 0. The van der Waals surface area contributed by atoms with Crippen molar-refractivity contribution < 1.29 is 24.2 Å². The van der Waals surface area contributed by atoms with Crippen LogP contribution in [0.2, 0.25) is 0 Å². The Hall–Kier alpha value is -2.77. The van der Waals surface area contributed by atoms with Crippen molar-refractivity contribution in [3.05, 3.63) is 53.5 Å². The first kappa shape index (κ1) is 22.7. The van der Waals surface area contributed by atoms with Gasteiger partial charge in [0.2, 0.25) is 5.91 Å². The van der Waals surface area contributed by atoms with E-state index in [2.05, 4.69) is 11.8 Å². The Labute approximate surface area is 206 Å². The van der Waals surface area contributed by atoms with Crippen LogP contribution in [0.1, 0.15) is 55.7 Å². The van der Waals surface area contributed by atoms with Gasteiger partial charge in [0.1, 0.15) is 6.10 Å². The number of amides is 1. The van der Waals surface area contributed by atoms with Crippen molar-refractivity contribution in [3.63, 3.8) is 0 Å². The topological polar surface area (TPSA) is 86.4 Å². The zero-order valence-electron chi connectivity index (χ0n) is 20.4. The van der Waals surface area contributed by atoms with Crippen LogP contribution in [0.25, 0.3) is 6.08 Å². The molecule has 7 nitrogen and oxygen atoms in total. The van der Waals surface area contributed by atoms with E-state index in [4.69, 9.17) is 9.15 Å². The van der Waals surface area contributed by atoms with E-state index in [0.717, 1.165) is 55.5 Å². The fourth-order valence-corrected chi connectivity index (χ4v) is 7.45. The predicted octanol–water partition coefficient (Wildman–Crippen LogP) is 3.48. The summed E-state index contributed by atoms with van der Waals surface area (Å²) in [4.78, 5) is 17.4. The van der Waals surface area contributed by atoms with Crippen molar-refractivity contribution in [2.24, 2.45) is 0 Å². The van der Waals surface area contributed by atoms with E-state index in [1.165, 1.54) is 0 Å². The standard InChI is InChI=1S/C28H34N2O5/c1-3-4-13-30-14-12-27-24-19-6-7-21(31)25(24)35-26(27)20(9-11-28(27,33)22(30)16-19)29(2)23(32)8-5-18-10-15-34-17-18/h5-8,10,15,17,20,22,26,31,33H,3-4,9,11-14,16H2,1-2H3/b8-5+/t20-,22+,26+,27+,28-/m1/s1. The van der Waals surface area contributed by atoms with Gasteiger partial charge in [0.15, 0.2) is 11.5 Å². The number of furan rings is 1. The third kappa shape index (κ3) is 3.07. The number of rotatable bonds is 6. The molecule has 2 fully saturated rings. The molecule has 2 N–H and O–H groups in total. The van der Waals surface area contributed by atoms with Crippen molar-refractivity contribution in [1.82, 2.24) is 9.80 Å². The molecule has 7 heteroatoms. The number of aromatic hydroxyl groups is 1. The van der Waals surface area contributed by atoms with Crippen LogP contribution in [0.15, 0.2) is 41.2 Å². The number of benzene rings is 1. The fourth-order valence-electron chi connectivity index (χ4n) is 7.45. The molecule has 3 heterocycles. The summed E-state index contributed by atoms with van der Waals surface area (Å²) in [5.74, 6) is 0.511. The molecule has 1 saturated carbocycles. The van der Waals surface area contributed by atoms with Gasteiger partial charge in [0.05, 0.1) is 29.6 Å². The van der Waals surface area contributed by atoms with Crippen molar-refractivity contribution >= 4 is 12.0 Å². The summed E-state index contributed by atoms with van der Waals surface area (Å²) in [5, 5.41) is 23.3. The summed E-state index contributed by atoms with van der Waals surface area (Å²) in [6, 6.07) is 5.33. The number of phenolic OH excluding ortho intramolecular Hbond substituents is 1. The number of nitrogens with zero attached hydrogens (tertiary/aromatic N) is 2. The SMILES string of the molecule is CCCCN1CC[C@]23c4c5ccc(O)c4O[C@H]2[C@H](N(C)C(=O)/C=C/c2ccoc2)CC[C@@]3(O)[C@@H]1C5. The summed E-state index contributed by atoms with van der Waals surface area (Å²) in [7, 11) is 1.82. The van der Waals surface area contributed by atoms with Gasteiger partial charge in [-0.05, 0) is 69.0 Å². The third-order valence-electron chi connectivity index (χ3n) is 9.15. The number of likely N-dealkylation sites (N-methyl/N-ethyl adjacent to an activating group) is 1. The maximum atomic E-state index is 13.2. The van der Waals surface area contributed by atoms with Crippen molar-refractivity contribution in [1.29, 1.82) is 0 Å². The summed E-state index contributed by atoms with van der Waals surface area (Å²) < 4.78 is 11.7. The first-order chi connectivity index (χ1) is 16.9. The zero-order valence-corrected chi connectivity index (χ0v) is 20.4. The highest BCUT2D eigenvalue weighted by atomic mass is 16.5. The van der Waals surface area contributed by atoms with Gasteiger partial charge < -0.3 is 24.3 Å². The second-order valence-electron chi connectivity index (χ2n) is 10.7. The molecule has 0 unspecified atom stereocenters. The number of piperidine rings is 1. The van der Waals surface area contributed by atoms with Gasteiger partial charge in [0, 0.05) is 30.3 Å². The van der Waals surface area contributed by atoms with Gasteiger partial charge in [-0.3, -0.25) is 9.69 Å². The molecule has 1 amide bonds. The van der Waals surface area contributed by atoms with Crippen molar-refractivity contribution in [3.8, 4) is 11.5 Å². The highest BCUT2D eigenvalue weighted by Gasteiger charge is 2.73. The molecule has 4 aliphatic rings. The number of phenols is 1. The Morgan fingerprint density at radius 1 is 1.31 bits per heavy atom. The summed E-state index contributed by atoms with van der Waals surface area (Å²) in [6.45, 7) is 4.06. The van der Waals surface area contributed by atoms with E-state index in [-0.39, 0.29) is 23.7 Å². The number of carbonyl (C=O) groups is 1. The molecule has 2 aliphatic heterocycles. The second kappa shape index (κ2) is 8.14. The van der Waals surface area contributed by atoms with Gasteiger partial charge in [-0.15, -0.1) is 0 Å². The molecule has 6 rings (SSSR count). The average molecular weight is 479 g/mol. The maximum Gasteiger partial charge on any atom is 0.246 e. The highest BCUT2D eigenvalue weighted by molar-refractivity contribution is 5.91. The first-order valence-electron chi connectivity index (χ1n) is 12.9. The molecule has 2 aliphatic carbocycles. The lowest BCUT2D eigenvalue weighted by Crippen LogP contribution is -2.78. The maximum absolute atomic E-state index is 13.2. The lowest BCUT2D eigenvalue weighted by molar-refractivity contribution is -0.199. The Bertz CT molecular complexity index is 1160. The van der Waals surface area contributed by atoms with E-state index in [1.807, 2.05) is 13.1 Å². The van der Waals surface area contributed by atoms with Crippen LogP contribution < -0.4 is 4.74 Å². The number of ether oxygens (including phenoxy) is 1. The molecule has 1 spiro atoms. The number of hydrogen-bond acceptors (Lipinski definition) is 6. The van der Waals surface area contributed by atoms with Crippen LogP contribution in [0.4, 0.5) is 0 Å². The Kier molecular flexibility index (Phi) is 5.27. The van der Waals surface area contributed by atoms with Crippen molar-refractivity contribution in [2.45, 2.75) is 74.7 Å².